The molecule has 4 heteroatoms. The highest BCUT2D eigenvalue weighted by molar-refractivity contribution is 6.31. The fraction of sp³-hybridized carbons (Fsp3) is 0. The second-order valence-corrected chi connectivity index (χ2v) is 16.5. The number of nitrogens with zero attached hydrogens (tertiary/aromatic N) is 4. The molecule has 0 amide bonds. The molecule has 4 nitrogen and oxygen atoms in total. The Morgan fingerprint density at radius 1 is 0.297 bits per heavy atom. The largest absolute Gasteiger partial charge is 0.310 e. The van der Waals surface area contributed by atoms with Crippen LogP contribution in [0.2, 0.25) is 0 Å². The molecule has 0 saturated heterocycles. The summed E-state index contributed by atoms with van der Waals surface area (Å²) in [5, 5.41) is 7.62. The highest BCUT2D eigenvalue weighted by atomic mass is 15.2. The molecule has 0 spiro atoms. The lowest BCUT2D eigenvalue weighted by Crippen LogP contribution is -2.14. The van der Waals surface area contributed by atoms with E-state index < -0.39 is 0 Å². The average Bonchev–Trinajstić information content (AvgIpc) is 3.85. The SMILES string of the molecule is c1ccc(-c2ccccc2N(c2ccccc2)c2cccc(N(c3ccccc3)c3cccc(-n4c5cccc6c7cccc8c9ccccc9n(c9cccc4c9c65)c78)c3)c2)cc1. The molecule has 300 valence electrons. The molecule has 0 bridgehead atoms. The van der Waals surface area contributed by atoms with E-state index in [9.17, 15) is 0 Å². The van der Waals surface area contributed by atoms with Crippen LogP contribution in [0.4, 0.5) is 34.1 Å². The normalized spacial score (nSPS) is 11.8. The van der Waals surface area contributed by atoms with Gasteiger partial charge in [0.1, 0.15) is 0 Å². The summed E-state index contributed by atoms with van der Waals surface area (Å²) in [5.74, 6) is 0. The van der Waals surface area contributed by atoms with E-state index in [2.05, 4.69) is 261 Å². The summed E-state index contributed by atoms with van der Waals surface area (Å²) < 4.78 is 4.97. The van der Waals surface area contributed by atoms with E-state index in [0.29, 0.717) is 0 Å². The minimum atomic E-state index is 1.06. The van der Waals surface area contributed by atoms with Gasteiger partial charge in [0.05, 0.1) is 33.3 Å². The quantitative estimate of drug-likeness (QED) is 0.152. The van der Waals surface area contributed by atoms with Gasteiger partial charge in [-0.2, -0.15) is 0 Å². The average molecular weight is 817 g/mol. The summed E-state index contributed by atoms with van der Waals surface area (Å²) >= 11 is 0. The Morgan fingerprint density at radius 3 is 1.56 bits per heavy atom. The van der Waals surface area contributed by atoms with Gasteiger partial charge in [-0.1, -0.05) is 152 Å². The van der Waals surface area contributed by atoms with E-state index in [1.165, 1.54) is 71.0 Å². The van der Waals surface area contributed by atoms with Gasteiger partial charge in [-0.3, -0.25) is 0 Å². The zero-order valence-electron chi connectivity index (χ0n) is 34.9. The molecule has 0 atom stereocenters. The third kappa shape index (κ3) is 5.49. The van der Waals surface area contributed by atoms with Crippen LogP contribution in [-0.2, 0) is 0 Å². The molecule has 3 heterocycles. The molecule has 64 heavy (non-hydrogen) atoms. The molecule has 0 aliphatic heterocycles. The van der Waals surface area contributed by atoms with Crippen LogP contribution in [0.15, 0.2) is 243 Å². The fourth-order valence-electron chi connectivity index (χ4n) is 10.4. The van der Waals surface area contributed by atoms with E-state index in [1.54, 1.807) is 0 Å². The van der Waals surface area contributed by atoms with Crippen molar-refractivity contribution in [1.82, 2.24) is 8.97 Å². The number of fused-ring (bicyclic) bond motifs is 5. The number of hydrogen-bond acceptors (Lipinski definition) is 2. The number of anilines is 6. The first-order valence-electron chi connectivity index (χ1n) is 21.9. The van der Waals surface area contributed by atoms with Crippen molar-refractivity contribution in [2.24, 2.45) is 0 Å². The van der Waals surface area contributed by atoms with Crippen LogP contribution in [0.5, 0.6) is 0 Å². The van der Waals surface area contributed by atoms with Crippen molar-refractivity contribution < 1.29 is 0 Å². The number of rotatable bonds is 8. The predicted octanol–water partition coefficient (Wildman–Crippen LogP) is 16.5. The minimum Gasteiger partial charge on any atom is -0.310 e. The van der Waals surface area contributed by atoms with E-state index in [0.717, 1.165) is 39.8 Å². The van der Waals surface area contributed by atoms with Gasteiger partial charge in [0.15, 0.2) is 0 Å². The van der Waals surface area contributed by atoms with E-state index in [4.69, 9.17) is 0 Å². The Hall–Kier alpha value is -8.60. The van der Waals surface area contributed by atoms with Crippen molar-refractivity contribution in [2.75, 3.05) is 9.80 Å². The zero-order chi connectivity index (χ0) is 42.1. The predicted molar refractivity (Wildman–Crippen MR) is 270 cm³/mol. The Bertz CT molecular complexity index is 3850. The van der Waals surface area contributed by atoms with Crippen LogP contribution in [0.25, 0.3) is 76.7 Å². The summed E-state index contributed by atoms with van der Waals surface area (Å²) in [7, 11) is 0. The Morgan fingerprint density at radius 2 is 0.781 bits per heavy atom. The highest BCUT2D eigenvalue weighted by Crippen LogP contribution is 2.46. The smallest absolute Gasteiger partial charge is 0.0619 e. The van der Waals surface area contributed by atoms with Crippen LogP contribution in [0.3, 0.4) is 0 Å². The van der Waals surface area contributed by atoms with Crippen molar-refractivity contribution in [1.29, 1.82) is 0 Å². The highest BCUT2D eigenvalue weighted by Gasteiger charge is 2.24. The second kappa shape index (κ2) is 14.5. The summed E-state index contributed by atoms with van der Waals surface area (Å²) in [6, 6.07) is 88.0. The monoisotopic (exact) mass is 816 g/mol. The topological polar surface area (TPSA) is 15.8 Å². The van der Waals surface area contributed by atoms with E-state index in [1.807, 2.05) is 0 Å². The molecule has 0 aliphatic carbocycles. The summed E-state index contributed by atoms with van der Waals surface area (Å²) in [6.45, 7) is 0. The first-order chi connectivity index (χ1) is 31.8. The van der Waals surface area contributed by atoms with Gasteiger partial charge in [0.2, 0.25) is 0 Å². The molecular formula is C60H40N4. The van der Waals surface area contributed by atoms with Crippen molar-refractivity contribution in [3.63, 3.8) is 0 Å². The van der Waals surface area contributed by atoms with Crippen LogP contribution in [0, 0.1) is 0 Å². The Balaban J connectivity index is 1.02. The van der Waals surface area contributed by atoms with E-state index >= 15 is 0 Å². The molecule has 0 N–H and O–H groups in total. The number of aromatic nitrogens is 2. The van der Waals surface area contributed by atoms with Crippen molar-refractivity contribution in [3.05, 3.63) is 243 Å². The molecule has 13 aromatic rings. The third-order valence-electron chi connectivity index (χ3n) is 13.0. The van der Waals surface area contributed by atoms with Gasteiger partial charge >= 0.3 is 0 Å². The van der Waals surface area contributed by atoms with Gasteiger partial charge in [0, 0.05) is 66.6 Å². The third-order valence-corrected chi connectivity index (χ3v) is 13.0. The van der Waals surface area contributed by atoms with Crippen LogP contribution < -0.4 is 9.80 Å². The molecule has 0 radical (unpaired) electrons. The number of hydrogen-bond donors (Lipinski definition) is 0. The number of para-hydroxylation sites is 5. The molecule has 0 unspecified atom stereocenters. The van der Waals surface area contributed by atoms with E-state index in [-0.39, 0.29) is 0 Å². The second-order valence-electron chi connectivity index (χ2n) is 16.5. The zero-order valence-corrected chi connectivity index (χ0v) is 34.9. The maximum Gasteiger partial charge on any atom is 0.0619 e. The molecule has 0 saturated carbocycles. The lowest BCUT2D eigenvalue weighted by Gasteiger charge is -2.30. The van der Waals surface area contributed by atoms with Gasteiger partial charge in [-0.15, -0.1) is 0 Å². The molecular weight excluding hydrogens is 777 g/mol. The standard InChI is InChI=1S/C60H40N4/c1-4-19-41(20-5-1)48-29-10-12-34-53(48)62(43-23-8-3-9-24-43)46-27-14-25-44(39-46)61(42-21-6-2-7-22-42)45-26-15-28-47(40-45)63-55-36-17-31-50-52-33-16-32-51-49-30-11-13-35-54(49)64(60(51)52)57-38-18-37-56(63)59(57)58(50)55/h1-40H. The van der Waals surface area contributed by atoms with Crippen LogP contribution >= 0.6 is 0 Å². The van der Waals surface area contributed by atoms with Gasteiger partial charge < -0.3 is 18.8 Å². The molecule has 0 aliphatic rings. The maximum absolute atomic E-state index is 2.50. The fourth-order valence-corrected chi connectivity index (χ4v) is 10.4. The van der Waals surface area contributed by atoms with Gasteiger partial charge in [0.25, 0.3) is 0 Å². The first-order valence-corrected chi connectivity index (χ1v) is 21.9. The summed E-state index contributed by atoms with van der Waals surface area (Å²) in [6.07, 6.45) is 0. The van der Waals surface area contributed by atoms with Gasteiger partial charge in [-0.25, -0.2) is 0 Å². The van der Waals surface area contributed by atoms with Crippen LogP contribution in [-0.4, -0.2) is 8.97 Å². The molecule has 13 rings (SSSR count). The molecule has 0 fully saturated rings. The molecule has 10 aromatic carbocycles. The Kier molecular flexibility index (Phi) is 8.18. The number of benzene rings is 10. The minimum absolute atomic E-state index is 1.06. The first kappa shape index (κ1) is 36.1. The lowest BCUT2D eigenvalue weighted by molar-refractivity contribution is 1.17. The van der Waals surface area contributed by atoms with Crippen molar-refractivity contribution in [3.8, 4) is 16.8 Å². The van der Waals surface area contributed by atoms with Crippen molar-refractivity contribution >= 4 is 94.0 Å². The van der Waals surface area contributed by atoms with Gasteiger partial charge in [-0.05, 0) is 102 Å². The van der Waals surface area contributed by atoms with Crippen LogP contribution in [0.1, 0.15) is 0 Å². The maximum atomic E-state index is 2.50. The van der Waals surface area contributed by atoms with Crippen molar-refractivity contribution in [2.45, 2.75) is 0 Å². The summed E-state index contributed by atoms with van der Waals surface area (Å²) in [5.41, 5.74) is 16.0. The summed E-state index contributed by atoms with van der Waals surface area (Å²) in [4.78, 5) is 4.76. The molecule has 3 aromatic heterocycles. The lowest BCUT2D eigenvalue weighted by atomic mass is 10.0. The Labute approximate surface area is 370 Å².